The third-order valence-corrected chi connectivity index (χ3v) is 0.393. The largest absolute Gasteiger partial charge is 0.163 e. The van der Waals surface area contributed by atoms with Crippen molar-refractivity contribution < 1.29 is 0 Å². The Morgan fingerprint density at radius 2 is 2.80 bits per heavy atom. The first-order valence-corrected chi connectivity index (χ1v) is 1.44. The van der Waals surface area contributed by atoms with E-state index in [2.05, 4.69) is 16.4 Å². The molecule has 0 aromatic carbocycles. The van der Waals surface area contributed by atoms with E-state index < -0.39 is 0 Å². The molecule has 2 heteroatoms. The third kappa shape index (κ3) is 0.318. The molecule has 2 nitrogen and oxygen atoms in total. The highest BCUT2D eigenvalue weighted by molar-refractivity contribution is 5.82. The van der Waals surface area contributed by atoms with Crippen LogP contribution in [-0.4, -0.2) is 12.4 Å². The smallest absolute Gasteiger partial charge is 0.0921 e. The molecule has 0 saturated carbocycles. The minimum absolute atomic E-state index is 0.792. The summed E-state index contributed by atoms with van der Waals surface area (Å²) in [5, 5.41) is 6.88. The van der Waals surface area contributed by atoms with Gasteiger partial charge in [0, 0.05) is 12.6 Å². The molecule has 0 aromatic heterocycles. The van der Waals surface area contributed by atoms with E-state index in [0.29, 0.717) is 0 Å². The van der Waals surface area contributed by atoms with Gasteiger partial charge in [0.15, 0.2) is 0 Å². The van der Waals surface area contributed by atoms with Gasteiger partial charge in [0.2, 0.25) is 0 Å². The molecule has 0 atom stereocenters. The van der Waals surface area contributed by atoms with Crippen molar-refractivity contribution in [1.82, 2.24) is 0 Å². The van der Waals surface area contributed by atoms with Crippen molar-refractivity contribution in [1.29, 1.82) is 0 Å². The van der Waals surface area contributed by atoms with Crippen LogP contribution >= 0.6 is 0 Å². The Hall–Kier alpha value is -0.660. The van der Waals surface area contributed by atoms with Gasteiger partial charge in [-0.2, -0.15) is 10.2 Å². The maximum absolute atomic E-state index is 3.47. The van der Waals surface area contributed by atoms with E-state index in [0.717, 1.165) is 6.42 Å². The summed E-state index contributed by atoms with van der Waals surface area (Å²) in [6, 6.07) is 0. The summed E-state index contributed by atoms with van der Waals surface area (Å²) in [7, 11) is 0. The molecule has 1 heterocycles. The average molecular weight is 67.1 g/mol. The maximum atomic E-state index is 3.47. The van der Waals surface area contributed by atoms with Crippen LogP contribution in [0.1, 0.15) is 6.42 Å². The van der Waals surface area contributed by atoms with Crippen LogP contribution in [0.15, 0.2) is 10.2 Å². The van der Waals surface area contributed by atoms with Crippen LogP contribution in [0, 0.1) is 0 Å². The fraction of sp³-hybridized carbons (Fsp3) is 0.333. The van der Waals surface area contributed by atoms with Gasteiger partial charge in [-0.15, -0.1) is 0 Å². The van der Waals surface area contributed by atoms with E-state index in [1.807, 2.05) is 0 Å². The first-order valence-electron chi connectivity index (χ1n) is 1.44. The Balaban J connectivity index is 2.61. The second kappa shape index (κ2) is 0.971. The molecule has 5 heavy (non-hydrogen) atoms. The molecule has 0 saturated heterocycles. The van der Waals surface area contributed by atoms with Crippen molar-refractivity contribution in [3.63, 3.8) is 0 Å². The molecule has 0 fully saturated rings. The molecule has 0 aliphatic carbocycles. The van der Waals surface area contributed by atoms with Crippen molar-refractivity contribution in [3.8, 4) is 0 Å². The zero-order valence-electron chi connectivity index (χ0n) is 2.68. The average Bonchev–Trinajstić information content (AvgIpc) is 1.76. The Bertz CT molecular complexity index is 63.0. The topological polar surface area (TPSA) is 24.7 Å². The molecule has 1 aliphatic heterocycles. The van der Waals surface area contributed by atoms with Gasteiger partial charge in [0.25, 0.3) is 0 Å². The van der Waals surface area contributed by atoms with E-state index in [1.165, 1.54) is 0 Å². The second-order valence-electron chi connectivity index (χ2n) is 0.760. The molecule has 1 aliphatic rings. The molecule has 0 unspecified atom stereocenters. The lowest BCUT2D eigenvalue weighted by molar-refractivity contribution is 1.29. The second-order valence-corrected chi connectivity index (χ2v) is 0.760. The molecular formula is C3H3N2. The van der Waals surface area contributed by atoms with Crippen LogP contribution in [0.25, 0.3) is 0 Å². The van der Waals surface area contributed by atoms with Crippen molar-refractivity contribution in [3.05, 3.63) is 0 Å². The molecule has 0 bridgehead atoms. The number of hydrogen-bond acceptors (Lipinski definition) is 2. The lowest BCUT2D eigenvalue weighted by atomic mass is 10.5. The van der Waals surface area contributed by atoms with E-state index >= 15 is 0 Å². The number of rotatable bonds is 0. The van der Waals surface area contributed by atoms with Gasteiger partial charge < -0.3 is 0 Å². The molecule has 1 radical (unpaired) electrons. The Kier molecular flexibility index (Phi) is 0.499. The van der Waals surface area contributed by atoms with Crippen molar-refractivity contribution in [2.45, 2.75) is 6.42 Å². The summed E-state index contributed by atoms with van der Waals surface area (Å²) >= 11 is 0. The fourth-order valence-corrected chi connectivity index (χ4v) is 0.204. The van der Waals surface area contributed by atoms with Gasteiger partial charge in [-0.3, -0.25) is 0 Å². The van der Waals surface area contributed by atoms with E-state index in [1.54, 1.807) is 6.21 Å². The third-order valence-electron chi connectivity index (χ3n) is 0.393. The number of hydrogen-bond donors (Lipinski definition) is 0. The first kappa shape index (κ1) is 2.57. The van der Waals surface area contributed by atoms with Gasteiger partial charge in [0.05, 0.1) is 6.21 Å². The minimum Gasteiger partial charge on any atom is -0.163 e. The van der Waals surface area contributed by atoms with Gasteiger partial charge in [-0.25, -0.2) is 0 Å². The highest BCUT2D eigenvalue weighted by Crippen LogP contribution is 1.78. The van der Waals surface area contributed by atoms with Crippen molar-refractivity contribution >= 4 is 12.4 Å². The standard InChI is InChI=1S/C3H3N2/c1-2-4-5-3-1/h2H,1H2. The summed E-state index contributed by atoms with van der Waals surface area (Å²) in [6.07, 6.45) is 5.13. The van der Waals surface area contributed by atoms with E-state index in [4.69, 9.17) is 0 Å². The summed E-state index contributed by atoms with van der Waals surface area (Å²) < 4.78 is 0. The van der Waals surface area contributed by atoms with Crippen LogP contribution in [0.5, 0.6) is 0 Å². The van der Waals surface area contributed by atoms with Gasteiger partial charge in [-0.1, -0.05) is 0 Å². The monoisotopic (exact) mass is 67.0 g/mol. The van der Waals surface area contributed by atoms with Crippen molar-refractivity contribution in [2.24, 2.45) is 10.2 Å². The molecule has 1 rings (SSSR count). The fourth-order valence-electron chi connectivity index (χ4n) is 0.204. The maximum Gasteiger partial charge on any atom is 0.0921 e. The Morgan fingerprint density at radius 3 is 3.00 bits per heavy atom. The molecule has 0 spiro atoms. The van der Waals surface area contributed by atoms with Crippen LogP contribution in [0.3, 0.4) is 0 Å². The van der Waals surface area contributed by atoms with E-state index in [9.17, 15) is 0 Å². The first-order chi connectivity index (χ1) is 2.50. The minimum atomic E-state index is 0.792. The summed E-state index contributed by atoms with van der Waals surface area (Å²) in [4.78, 5) is 0. The lowest BCUT2D eigenvalue weighted by Crippen LogP contribution is -1.60. The molecular weight excluding hydrogens is 64.0 g/mol. The summed E-state index contributed by atoms with van der Waals surface area (Å²) in [5.74, 6) is 0. The van der Waals surface area contributed by atoms with Crippen LogP contribution in [0.4, 0.5) is 0 Å². The Morgan fingerprint density at radius 1 is 1.80 bits per heavy atom. The predicted octanol–water partition coefficient (Wildman–Crippen LogP) is 0.324. The number of nitrogens with zero attached hydrogens (tertiary/aromatic N) is 2. The van der Waals surface area contributed by atoms with Crippen LogP contribution in [-0.2, 0) is 0 Å². The molecule has 25 valence electrons. The van der Waals surface area contributed by atoms with Crippen LogP contribution < -0.4 is 0 Å². The van der Waals surface area contributed by atoms with Gasteiger partial charge in [-0.05, 0) is 0 Å². The highest BCUT2D eigenvalue weighted by Gasteiger charge is 1.76. The zero-order valence-corrected chi connectivity index (χ0v) is 2.68. The lowest BCUT2D eigenvalue weighted by Gasteiger charge is -1.49. The Labute approximate surface area is 30.2 Å². The SMILES string of the molecule is [C]1=NN=CC1. The normalized spacial score (nSPS) is 17.6. The molecule has 0 amide bonds. The zero-order chi connectivity index (χ0) is 3.54. The molecule has 0 aromatic rings. The van der Waals surface area contributed by atoms with Gasteiger partial charge >= 0.3 is 0 Å². The predicted molar refractivity (Wildman–Crippen MR) is 20.5 cm³/mol. The van der Waals surface area contributed by atoms with Crippen molar-refractivity contribution in [2.75, 3.05) is 0 Å². The molecule has 0 N–H and O–H groups in total. The highest BCUT2D eigenvalue weighted by atomic mass is 15.2. The summed E-state index contributed by atoms with van der Waals surface area (Å²) in [6.45, 7) is 0. The quantitative estimate of drug-likeness (QED) is 0.390. The van der Waals surface area contributed by atoms with Gasteiger partial charge in [0.1, 0.15) is 0 Å². The van der Waals surface area contributed by atoms with E-state index in [-0.39, 0.29) is 0 Å². The van der Waals surface area contributed by atoms with Crippen LogP contribution in [0.2, 0.25) is 0 Å². The summed E-state index contributed by atoms with van der Waals surface area (Å²) in [5.41, 5.74) is 0.